The molecule has 0 unspecified atom stereocenters. The Kier molecular flexibility index (Phi) is 4.31. The van der Waals surface area contributed by atoms with E-state index in [9.17, 15) is 9.59 Å². The second kappa shape index (κ2) is 5.97. The minimum absolute atomic E-state index is 0.0507. The predicted molar refractivity (Wildman–Crippen MR) is 73.7 cm³/mol. The number of β-lactam (4-membered cyclic amide) rings is 1. The van der Waals surface area contributed by atoms with Crippen molar-refractivity contribution in [3.8, 4) is 5.75 Å². The third kappa shape index (κ3) is 3.64. The molecule has 0 aliphatic carbocycles. The van der Waals surface area contributed by atoms with E-state index in [-0.39, 0.29) is 18.4 Å². The van der Waals surface area contributed by atoms with Gasteiger partial charge in [-0.2, -0.15) is 0 Å². The highest BCUT2D eigenvalue weighted by Crippen LogP contribution is 2.29. The Morgan fingerprint density at radius 3 is 2.74 bits per heavy atom. The molecule has 1 heterocycles. The Morgan fingerprint density at radius 1 is 1.47 bits per heavy atom. The van der Waals surface area contributed by atoms with E-state index in [4.69, 9.17) is 4.74 Å². The molecule has 5 nitrogen and oxygen atoms in total. The van der Waals surface area contributed by atoms with E-state index in [0.717, 1.165) is 5.75 Å². The molecular formula is C13H16N2O3S. The Morgan fingerprint density at radius 2 is 2.16 bits per heavy atom. The lowest BCUT2D eigenvalue weighted by Gasteiger charge is -2.41. The Balaban J connectivity index is 1.82. The van der Waals surface area contributed by atoms with Crippen LogP contribution in [0.4, 0.5) is 0 Å². The number of carbonyl (C=O) groups excluding carboxylic acids is 2. The van der Waals surface area contributed by atoms with Crippen molar-refractivity contribution in [2.75, 3.05) is 12.4 Å². The fourth-order valence-electron chi connectivity index (χ4n) is 1.80. The van der Waals surface area contributed by atoms with Gasteiger partial charge in [-0.1, -0.05) is 25.1 Å². The van der Waals surface area contributed by atoms with Gasteiger partial charge in [-0.3, -0.25) is 9.59 Å². The van der Waals surface area contributed by atoms with E-state index in [1.807, 2.05) is 25.1 Å². The maximum Gasteiger partial charge on any atom is 0.260 e. The Bertz CT molecular complexity index is 456. The molecule has 0 spiro atoms. The highest BCUT2D eigenvalue weighted by atomic mass is 32.2. The van der Waals surface area contributed by atoms with E-state index in [2.05, 4.69) is 10.6 Å². The molecule has 1 aromatic rings. The van der Waals surface area contributed by atoms with Crippen molar-refractivity contribution in [3.63, 3.8) is 0 Å². The number of para-hydroxylation sites is 1. The predicted octanol–water partition coefficient (Wildman–Crippen LogP) is 1.11. The minimum Gasteiger partial charge on any atom is -0.484 e. The van der Waals surface area contributed by atoms with Crippen molar-refractivity contribution in [1.29, 1.82) is 0 Å². The monoisotopic (exact) mass is 280 g/mol. The zero-order chi connectivity index (χ0) is 13.7. The zero-order valence-electron chi connectivity index (χ0n) is 10.6. The first-order valence-electron chi connectivity index (χ1n) is 6.07. The van der Waals surface area contributed by atoms with Crippen molar-refractivity contribution in [3.05, 3.63) is 30.3 Å². The van der Waals surface area contributed by atoms with Gasteiger partial charge in [0.2, 0.25) is 5.91 Å². The van der Waals surface area contributed by atoms with Crippen LogP contribution in [0.5, 0.6) is 5.75 Å². The van der Waals surface area contributed by atoms with Crippen molar-refractivity contribution in [2.24, 2.45) is 0 Å². The number of benzene rings is 1. The summed E-state index contributed by atoms with van der Waals surface area (Å²) >= 11 is 1.50. The highest BCUT2D eigenvalue weighted by molar-refractivity contribution is 8.00. The van der Waals surface area contributed by atoms with E-state index in [1.165, 1.54) is 11.8 Å². The van der Waals surface area contributed by atoms with Gasteiger partial charge >= 0.3 is 0 Å². The summed E-state index contributed by atoms with van der Waals surface area (Å²) in [5.41, 5.74) is 0. The average molecular weight is 280 g/mol. The summed E-state index contributed by atoms with van der Waals surface area (Å²) in [5.74, 6) is 1.16. The number of ether oxygens (including phenoxy) is 1. The number of rotatable bonds is 6. The molecule has 19 heavy (non-hydrogen) atoms. The maximum absolute atomic E-state index is 11.8. The van der Waals surface area contributed by atoms with Gasteiger partial charge in [0, 0.05) is 0 Å². The molecule has 0 saturated carbocycles. The lowest BCUT2D eigenvalue weighted by atomic mass is 10.2. The first-order valence-corrected chi connectivity index (χ1v) is 7.06. The van der Waals surface area contributed by atoms with Crippen LogP contribution < -0.4 is 15.4 Å². The Hall–Kier alpha value is -1.69. The Labute approximate surface area is 116 Å². The molecule has 6 heteroatoms. The molecule has 1 fully saturated rings. The van der Waals surface area contributed by atoms with Crippen LogP contribution in [-0.2, 0) is 9.59 Å². The van der Waals surface area contributed by atoms with Crippen molar-refractivity contribution < 1.29 is 14.3 Å². The van der Waals surface area contributed by atoms with Crippen LogP contribution >= 0.6 is 11.8 Å². The summed E-state index contributed by atoms with van der Waals surface area (Å²) in [6.07, 6.45) is 0.308. The first kappa shape index (κ1) is 13.7. The fraction of sp³-hybridized carbons (Fsp3) is 0.385. The van der Waals surface area contributed by atoms with E-state index < -0.39 is 4.99 Å². The summed E-state index contributed by atoms with van der Waals surface area (Å²) in [6.45, 7) is 1.91. The number of amides is 2. The number of carbonyl (C=O) groups is 2. The van der Waals surface area contributed by atoms with Crippen LogP contribution in [0.2, 0.25) is 0 Å². The normalized spacial score (nSPS) is 21.2. The smallest absolute Gasteiger partial charge is 0.260 e. The molecule has 1 atom stereocenters. The summed E-state index contributed by atoms with van der Waals surface area (Å²) < 4.78 is 5.35. The topological polar surface area (TPSA) is 67.4 Å². The van der Waals surface area contributed by atoms with Crippen LogP contribution in [0.1, 0.15) is 13.3 Å². The number of hydrogen-bond donors (Lipinski definition) is 2. The van der Waals surface area contributed by atoms with Gasteiger partial charge in [-0.25, -0.2) is 0 Å². The van der Waals surface area contributed by atoms with Crippen LogP contribution in [0.15, 0.2) is 30.3 Å². The number of nitrogens with one attached hydrogen (secondary N) is 2. The molecule has 1 aromatic carbocycles. The molecule has 1 aliphatic heterocycles. The average Bonchev–Trinajstić information content (AvgIpc) is 2.36. The first-order chi connectivity index (χ1) is 9.13. The van der Waals surface area contributed by atoms with Crippen LogP contribution in [-0.4, -0.2) is 29.2 Å². The van der Waals surface area contributed by atoms with E-state index in [0.29, 0.717) is 12.2 Å². The number of hydrogen-bond acceptors (Lipinski definition) is 4. The van der Waals surface area contributed by atoms with Crippen LogP contribution in [0, 0.1) is 0 Å². The van der Waals surface area contributed by atoms with Crippen molar-refractivity contribution >= 4 is 23.6 Å². The molecule has 0 radical (unpaired) electrons. The summed E-state index contributed by atoms with van der Waals surface area (Å²) in [6, 6.07) is 9.13. The molecule has 102 valence electrons. The second-order valence-electron chi connectivity index (χ2n) is 4.13. The van der Waals surface area contributed by atoms with Gasteiger partial charge < -0.3 is 15.4 Å². The molecular weight excluding hydrogens is 264 g/mol. The summed E-state index contributed by atoms with van der Waals surface area (Å²) in [7, 11) is 0. The standard InChI is InChI=1S/C13H16N2O3S/c1-2-19-13(8-11(16)14-13)15-12(17)9-18-10-6-4-3-5-7-10/h3-7H,2,8-9H2,1H3,(H,14,16)(H,15,17)/t13-/m0/s1. The lowest BCUT2D eigenvalue weighted by molar-refractivity contribution is -0.133. The van der Waals surface area contributed by atoms with Crippen molar-refractivity contribution in [2.45, 2.75) is 18.3 Å². The van der Waals surface area contributed by atoms with Gasteiger partial charge in [0.1, 0.15) is 5.75 Å². The third-order valence-corrected chi connectivity index (χ3v) is 3.73. The van der Waals surface area contributed by atoms with Crippen LogP contribution in [0.3, 0.4) is 0 Å². The van der Waals surface area contributed by atoms with Crippen molar-refractivity contribution in [1.82, 2.24) is 10.6 Å². The van der Waals surface area contributed by atoms with E-state index >= 15 is 0 Å². The molecule has 2 N–H and O–H groups in total. The SMILES string of the molecule is CCS[C@@]1(NC(=O)COc2ccccc2)CC(=O)N1. The summed E-state index contributed by atoms with van der Waals surface area (Å²) in [4.78, 5) is 22.2. The van der Waals surface area contributed by atoms with Gasteiger partial charge in [-0.15, -0.1) is 11.8 Å². The largest absolute Gasteiger partial charge is 0.484 e. The second-order valence-corrected chi connectivity index (χ2v) is 5.70. The number of thioether (sulfide) groups is 1. The van der Waals surface area contributed by atoms with E-state index in [1.54, 1.807) is 12.1 Å². The molecule has 0 aromatic heterocycles. The zero-order valence-corrected chi connectivity index (χ0v) is 11.5. The minimum atomic E-state index is -0.650. The van der Waals surface area contributed by atoms with Gasteiger partial charge in [-0.05, 0) is 17.9 Å². The molecule has 1 saturated heterocycles. The quantitative estimate of drug-likeness (QED) is 0.605. The molecule has 2 rings (SSSR count). The van der Waals surface area contributed by atoms with Gasteiger partial charge in [0.05, 0.1) is 6.42 Å². The molecule has 1 aliphatic rings. The third-order valence-electron chi connectivity index (χ3n) is 2.60. The fourth-order valence-corrected chi connectivity index (χ4v) is 2.90. The molecule has 2 amide bonds. The van der Waals surface area contributed by atoms with Crippen LogP contribution in [0.25, 0.3) is 0 Å². The maximum atomic E-state index is 11.8. The lowest BCUT2D eigenvalue weighted by Crippen LogP contribution is -2.68. The van der Waals surface area contributed by atoms with Gasteiger partial charge in [0.25, 0.3) is 5.91 Å². The molecule has 0 bridgehead atoms. The van der Waals surface area contributed by atoms with Gasteiger partial charge in [0.15, 0.2) is 11.6 Å². The highest BCUT2D eigenvalue weighted by Gasteiger charge is 2.44. The summed E-state index contributed by atoms with van der Waals surface area (Å²) in [5, 5.41) is 5.52.